The number of sulfonamides is 1. The fraction of sp³-hybridized carbons (Fsp3) is 0.400. The second-order valence-electron chi connectivity index (χ2n) is 7.09. The highest BCUT2D eigenvalue weighted by Crippen LogP contribution is 2.16. The lowest BCUT2D eigenvalue weighted by atomic mass is 10.1. The number of rotatable bonds is 6. The molecule has 29 heavy (non-hydrogen) atoms. The van der Waals surface area contributed by atoms with Crippen molar-refractivity contribution in [2.45, 2.75) is 13.8 Å². The quantitative estimate of drug-likeness (QED) is 0.676. The molecule has 2 N–H and O–H groups in total. The number of thiocarbonyl (C=S) groups is 1. The van der Waals surface area contributed by atoms with Crippen molar-refractivity contribution in [3.05, 3.63) is 53.7 Å². The minimum absolute atomic E-state index is 0.00524. The summed E-state index contributed by atoms with van der Waals surface area (Å²) in [5.74, 6) is 0.889. The molecule has 156 valence electrons. The molecule has 1 aliphatic rings. The highest BCUT2D eigenvalue weighted by Gasteiger charge is 2.27. The molecule has 3 rings (SSSR count). The zero-order chi connectivity index (χ0) is 20.9. The van der Waals surface area contributed by atoms with Crippen LogP contribution in [0.4, 0.5) is 11.5 Å². The molecule has 0 bridgehead atoms. The molecule has 1 saturated heterocycles. The van der Waals surface area contributed by atoms with Crippen LogP contribution in [-0.4, -0.2) is 61.3 Å². The van der Waals surface area contributed by atoms with Gasteiger partial charge in [-0.05, 0) is 49.8 Å². The van der Waals surface area contributed by atoms with Crippen molar-refractivity contribution in [1.29, 1.82) is 0 Å². The SMILES string of the molecule is Cc1ccc(NC(=S)NCCS(=O)(=O)N2CCN(c3ccccn3)CC2)c(C)c1. The molecule has 1 fully saturated rings. The molecule has 9 heteroatoms. The molecule has 0 spiro atoms. The fourth-order valence-corrected chi connectivity index (χ4v) is 4.83. The van der Waals surface area contributed by atoms with Crippen molar-refractivity contribution in [2.24, 2.45) is 0 Å². The van der Waals surface area contributed by atoms with Gasteiger partial charge < -0.3 is 15.5 Å². The zero-order valence-corrected chi connectivity index (χ0v) is 18.4. The second kappa shape index (κ2) is 9.51. The standard InChI is InChI=1S/C20H27N5O2S2/c1-16-6-7-18(17(2)15-16)23-20(28)22-9-14-29(26,27)25-12-10-24(11-13-25)19-5-3-4-8-21-19/h3-8,15H,9-14H2,1-2H3,(H2,22,23,28). The number of piperazine rings is 1. The van der Waals surface area contributed by atoms with E-state index < -0.39 is 10.0 Å². The molecule has 0 aliphatic carbocycles. The van der Waals surface area contributed by atoms with Gasteiger partial charge in [-0.3, -0.25) is 0 Å². The minimum Gasteiger partial charge on any atom is -0.361 e. The van der Waals surface area contributed by atoms with E-state index in [0.29, 0.717) is 31.3 Å². The molecule has 2 aromatic rings. The van der Waals surface area contributed by atoms with Crippen LogP contribution in [0.1, 0.15) is 11.1 Å². The van der Waals surface area contributed by atoms with Crippen LogP contribution in [0.5, 0.6) is 0 Å². The number of hydrogen-bond donors (Lipinski definition) is 2. The molecule has 1 aliphatic heterocycles. The largest absolute Gasteiger partial charge is 0.361 e. The van der Waals surface area contributed by atoms with Gasteiger partial charge in [0, 0.05) is 44.6 Å². The summed E-state index contributed by atoms with van der Waals surface area (Å²) in [6.45, 7) is 6.50. The van der Waals surface area contributed by atoms with Crippen LogP contribution in [0.25, 0.3) is 0 Å². The Balaban J connectivity index is 1.45. The van der Waals surface area contributed by atoms with E-state index in [1.165, 1.54) is 5.56 Å². The van der Waals surface area contributed by atoms with Gasteiger partial charge in [0.15, 0.2) is 5.11 Å². The van der Waals surface area contributed by atoms with Crippen LogP contribution in [0.3, 0.4) is 0 Å². The monoisotopic (exact) mass is 433 g/mol. The Morgan fingerprint density at radius 2 is 1.90 bits per heavy atom. The van der Waals surface area contributed by atoms with E-state index in [1.54, 1.807) is 10.5 Å². The summed E-state index contributed by atoms with van der Waals surface area (Å²) in [4.78, 5) is 6.43. The van der Waals surface area contributed by atoms with Gasteiger partial charge in [-0.25, -0.2) is 13.4 Å². The second-order valence-corrected chi connectivity index (χ2v) is 9.59. The van der Waals surface area contributed by atoms with E-state index in [-0.39, 0.29) is 12.3 Å². The third-order valence-corrected chi connectivity index (χ3v) is 7.00. The van der Waals surface area contributed by atoms with Crippen LogP contribution < -0.4 is 15.5 Å². The van der Waals surface area contributed by atoms with Gasteiger partial charge in [0.25, 0.3) is 0 Å². The predicted octanol–water partition coefficient (Wildman–Crippen LogP) is 2.14. The lowest BCUT2D eigenvalue weighted by Crippen LogP contribution is -2.50. The maximum atomic E-state index is 12.6. The lowest BCUT2D eigenvalue weighted by molar-refractivity contribution is 0.384. The molecule has 0 saturated carbocycles. The van der Waals surface area contributed by atoms with Crippen LogP contribution in [-0.2, 0) is 10.0 Å². The van der Waals surface area contributed by atoms with Crippen LogP contribution >= 0.6 is 12.2 Å². The Morgan fingerprint density at radius 1 is 1.14 bits per heavy atom. The van der Waals surface area contributed by atoms with Gasteiger partial charge in [-0.15, -0.1) is 0 Å². The molecule has 0 unspecified atom stereocenters. The van der Waals surface area contributed by atoms with Crippen molar-refractivity contribution in [3.63, 3.8) is 0 Å². The Hall–Kier alpha value is -2.23. The Bertz CT molecular complexity index is 943. The summed E-state index contributed by atoms with van der Waals surface area (Å²) < 4.78 is 26.8. The third kappa shape index (κ3) is 5.88. The molecular weight excluding hydrogens is 406 g/mol. The van der Waals surface area contributed by atoms with E-state index in [0.717, 1.165) is 17.1 Å². The van der Waals surface area contributed by atoms with E-state index >= 15 is 0 Å². The average Bonchev–Trinajstić information content (AvgIpc) is 2.71. The number of anilines is 2. The summed E-state index contributed by atoms with van der Waals surface area (Å²) in [5, 5.41) is 6.55. The number of aromatic nitrogens is 1. The van der Waals surface area contributed by atoms with E-state index in [1.807, 2.05) is 44.2 Å². The van der Waals surface area contributed by atoms with E-state index in [4.69, 9.17) is 12.2 Å². The first-order valence-electron chi connectivity index (χ1n) is 9.61. The molecule has 1 aromatic heterocycles. The van der Waals surface area contributed by atoms with Crippen LogP contribution in [0, 0.1) is 13.8 Å². The normalized spacial score (nSPS) is 15.2. The third-order valence-electron chi connectivity index (χ3n) is 4.88. The molecular formula is C20H27N5O2S2. The van der Waals surface area contributed by atoms with Crippen molar-refractivity contribution in [2.75, 3.05) is 48.7 Å². The zero-order valence-electron chi connectivity index (χ0n) is 16.8. The number of hydrogen-bond acceptors (Lipinski definition) is 5. The lowest BCUT2D eigenvalue weighted by Gasteiger charge is -2.34. The number of nitrogens with zero attached hydrogens (tertiary/aromatic N) is 3. The molecule has 2 heterocycles. The minimum atomic E-state index is -3.33. The van der Waals surface area contributed by atoms with Gasteiger partial charge in [0.05, 0.1) is 5.75 Å². The van der Waals surface area contributed by atoms with Crippen molar-refractivity contribution in [3.8, 4) is 0 Å². The van der Waals surface area contributed by atoms with Crippen LogP contribution in [0.15, 0.2) is 42.6 Å². The molecule has 0 atom stereocenters. The van der Waals surface area contributed by atoms with Gasteiger partial charge in [0.1, 0.15) is 5.82 Å². The Morgan fingerprint density at radius 3 is 2.55 bits per heavy atom. The molecule has 0 radical (unpaired) electrons. The van der Waals surface area contributed by atoms with Gasteiger partial charge >= 0.3 is 0 Å². The number of nitrogens with one attached hydrogen (secondary N) is 2. The summed E-state index contributed by atoms with van der Waals surface area (Å²) in [6, 6.07) is 11.8. The average molecular weight is 434 g/mol. The maximum Gasteiger partial charge on any atom is 0.215 e. The predicted molar refractivity (Wildman–Crippen MR) is 122 cm³/mol. The van der Waals surface area contributed by atoms with Gasteiger partial charge in [-0.2, -0.15) is 4.31 Å². The molecule has 7 nitrogen and oxygen atoms in total. The highest BCUT2D eigenvalue weighted by molar-refractivity contribution is 7.89. The van der Waals surface area contributed by atoms with Crippen molar-refractivity contribution >= 4 is 38.9 Å². The smallest absolute Gasteiger partial charge is 0.215 e. The molecule has 0 amide bonds. The first-order chi connectivity index (χ1) is 13.8. The van der Waals surface area contributed by atoms with Crippen molar-refractivity contribution in [1.82, 2.24) is 14.6 Å². The first kappa shape index (κ1) is 21.5. The number of benzene rings is 1. The topological polar surface area (TPSA) is 77.6 Å². The number of pyridine rings is 1. The Kier molecular flexibility index (Phi) is 7.05. The Labute approximate surface area is 178 Å². The maximum absolute atomic E-state index is 12.6. The fourth-order valence-electron chi connectivity index (χ4n) is 3.28. The van der Waals surface area contributed by atoms with E-state index in [2.05, 4.69) is 26.6 Å². The highest BCUT2D eigenvalue weighted by atomic mass is 32.2. The van der Waals surface area contributed by atoms with Crippen LogP contribution in [0.2, 0.25) is 0 Å². The number of aryl methyl sites for hydroxylation is 2. The molecule has 1 aromatic carbocycles. The summed E-state index contributed by atoms with van der Waals surface area (Å²) in [6.07, 6.45) is 1.75. The summed E-state index contributed by atoms with van der Waals surface area (Å²) in [7, 11) is -3.33. The van der Waals surface area contributed by atoms with Gasteiger partial charge in [0.2, 0.25) is 10.0 Å². The van der Waals surface area contributed by atoms with E-state index in [9.17, 15) is 8.42 Å². The van der Waals surface area contributed by atoms with Crippen molar-refractivity contribution < 1.29 is 8.42 Å². The first-order valence-corrected chi connectivity index (χ1v) is 11.6. The van der Waals surface area contributed by atoms with Gasteiger partial charge in [-0.1, -0.05) is 23.8 Å². The summed E-state index contributed by atoms with van der Waals surface area (Å²) in [5.41, 5.74) is 3.19. The summed E-state index contributed by atoms with van der Waals surface area (Å²) >= 11 is 5.30.